The Morgan fingerprint density at radius 2 is 1.86 bits per heavy atom. The molecule has 1 atom stereocenters. The molecule has 1 fully saturated rings. The van der Waals surface area contributed by atoms with E-state index in [9.17, 15) is 13.2 Å². The van der Waals surface area contributed by atoms with Crippen molar-refractivity contribution in [3.05, 3.63) is 53.1 Å². The number of nitrogens with one attached hydrogen (secondary N) is 1. The Morgan fingerprint density at radius 3 is 2.59 bits per heavy atom. The summed E-state index contributed by atoms with van der Waals surface area (Å²) in [6.07, 6.45) is 1.97. The highest BCUT2D eigenvalue weighted by molar-refractivity contribution is 7.89. The number of sulfonamides is 1. The molecule has 29 heavy (non-hydrogen) atoms. The molecule has 1 aliphatic rings. The second-order valence-corrected chi connectivity index (χ2v) is 9.52. The second-order valence-electron chi connectivity index (χ2n) is 7.18. The lowest BCUT2D eigenvalue weighted by Crippen LogP contribution is -2.35. The zero-order valence-electron chi connectivity index (χ0n) is 16.5. The van der Waals surface area contributed by atoms with Gasteiger partial charge < -0.3 is 10.1 Å². The third kappa shape index (κ3) is 5.29. The number of hydrogen-bond donors (Lipinski definition) is 1. The van der Waals surface area contributed by atoms with E-state index in [0.717, 1.165) is 24.8 Å². The Balaban J connectivity index is 1.70. The van der Waals surface area contributed by atoms with E-state index in [2.05, 4.69) is 5.32 Å². The number of rotatable bonds is 6. The first-order chi connectivity index (χ1) is 13.8. The van der Waals surface area contributed by atoms with Crippen LogP contribution in [-0.2, 0) is 14.8 Å². The molecule has 0 saturated carbocycles. The van der Waals surface area contributed by atoms with E-state index in [-0.39, 0.29) is 4.90 Å². The van der Waals surface area contributed by atoms with Gasteiger partial charge in [-0.3, -0.25) is 4.79 Å². The maximum atomic E-state index is 12.8. The number of carbonyl (C=O) groups excluding carboxylic acids is 1. The second kappa shape index (κ2) is 9.15. The number of amides is 1. The number of benzene rings is 2. The molecule has 1 heterocycles. The molecule has 2 aromatic rings. The van der Waals surface area contributed by atoms with Gasteiger partial charge in [0.2, 0.25) is 10.0 Å². The standard InChI is InChI=1S/C21H25ClN2O4S/c1-15-9-10-19(22)20(13-15)28-16(2)21(25)23-17-7-6-8-18(14-17)29(26,27)24-11-4-3-5-12-24/h6-10,13-14,16H,3-5,11-12H2,1-2H3,(H,23,25). The number of hydrogen-bond acceptors (Lipinski definition) is 4. The van der Waals surface area contributed by atoms with Crippen LogP contribution in [0, 0.1) is 6.92 Å². The maximum absolute atomic E-state index is 12.8. The van der Waals surface area contributed by atoms with Crippen molar-refractivity contribution < 1.29 is 17.9 Å². The number of carbonyl (C=O) groups is 1. The molecular formula is C21H25ClN2O4S. The first-order valence-corrected chi connectivity index (χ1v) is 11.4. The Bertz CT molecular complexity index is 988. The van der Waals surface area contributed by atoms with Crippen molar-refractivity contribution in [1.82, 2.24) is 4.31 Å². The molecule has 6 nitrogen and oxygen atoms in total. The predicted molar refractivity (Wildman–Crippen MR) is 114 cm³/mol. The number of halogens is 1. The minimum Gasteiger partial charge on any atom is -0.479 e. The number of nitrogens with zero attached hydrogens (tertiary/aromatic N) is 1. The molecular weight excluding hydrogens is 412 g/mol. The summed E-state index contributed by atoms with van der Waals surface area (Å²) in [4.78, 5) is 12.7. The van der Waals surface area contributed by atoms with E-state index in [0.29, 0.717) is 29.5 Å². The van der Waals surface area contributed by atoms with Crippen LogP contribution in [-0.4, -0.2) is 37.8 Å². The fraction of sp³-hybridized carbons (Fsp3) is 0.381. The van der Waals surface area contributed by atoms with Crippen LogP contribution in [0.2, 0.25) is 5.02 Å². The van der Waals surface area contributed by atoms with Gasteiger partial charge in [-0.2, -0.15) is 4.31 Å². The van der Waals surface area contributed by atoms with Crippen molar-refractivity contribution in [2.45, 2.75) is 44.1 Å². The molecule has 0 aliphatic carbocycles. The van der Waals surface area contributed by atoms with Crippen LogP contribution >= 0.6 is 11.6 Å². The SMILES string of the molecule is Cc1ccc(Cl)c(OC(C)C(=O)Nc2cccc(S(=O)(=O)N3CCCCC3)c2)c1. The van der Waals surface area contributed by atoms with Crippen LogP contribution in [0.4, 0.5) is 5.69 Å². The molecule has 0 radical (unpaired) electrons. The van der Waals surface area contributed by atoms with Gasteiger partial charge in [0.25, 0.3) is 5.91 Å². The summed E-state index contributed by atoms with van der Waals surface area (Å²) in [6.45, 7) is 4.58. The summed E-state index contributed by atoms with van der Waals surface area (Å²) in [7, 11) is -3.57. The van der Waals surface area contributed by atoms with E-state index in [1.165, 1.54) is 10.4 Å². The molecule has 8 heteroatoms. The summed E-state index contributed by atoms with van der Waals surface area (Å²) in [5.41, 5.74) is 1.37. The minimum absolute atomic E-state index is 0.174. The van der Waals surface area contributed by atoms with Crippen LogP contribution < -0.4 is 10.1 Å². The van der Waals surface area contributed by atoms with Gasteiger partial charge in [-0.15, -0.1) is 0 Å². The maximum Gasteiger partial charge on any atom is 0.265 e. The lowest BCUT2D eigenvalue weighted by atomic mass is 10.2. The molecule has 3 rings (SSSR count). The van der Waals surface area contributed by atoms with Gasteiger partial charge in [-0.1, -0.05) is 30.2 Å². The fourth-order valence-corrected chi connectivity index (χ4v) is 4.90. The Labute approximate surface area is 176 Å². The summed E-state index contributed by atoms with van der Waals surface area (Å²) < 4.78 is 32.9. The molecule has 1 amide bonds. The van der Waals surface area contributed by atoms with Crippen molar-refractivity contribution >= 4 is 33.2 Å². The molecule has 1 unspecified atom stereocenters. The summed E-state index contributed by atoms with van der Waals surface area (Å²) in [5, 5.41) is 3.14. The van der Waals surface area contributed by atoms with Gasteiger partial charge in [0, 0.05) is 18.8 Å². The van der Waals surface area contributed by atoms with Gasteiger partial charge in [0.05, 0.1) is 9.92 Å². The lowest BCUT2D eigenvalue weighted by Gasteiger charge is -2.26. The summed E-state index contributed by atoms with van der Waals surface area (Å²) in [6, 6.07) is 11.6. The highest BCUT2D eigenvalue weighted by Crippen LogP contribution is 2.27. The average molecular weight is 437 g/mol. The molecule has 0 aromatic heterocycles. The van der Waals surface area contributed by atoms with Crippen LogP contribution in [0.3, 0.4) is 0 Å². The van der Waals surface area contributed by atoms with Crippen LogP contribution in [0.25, 0.3) is 0 Å². The van der Waals surface area contributed by atoms with E-state index >= 15 is 0 Å². The lowest BCUT2D eigenvalue weighted by molar-refractivity contribution is -0.122. The monoisotopic (exact) mass is 436 g/mol. The van der Waals surface area contributed by atoms with Gasteiger partial charge in [0.1, 0.15) is 5.75 Å². The van der Waals surface area contributed by atoms with E-state index in [4.69, 9.17) is 16.3 Å². The molecule has 1 saturated heterocycles. The Kier molecular flexibility index (Phi) is 6.82. The van der Waals surface area contributed by atoms with Crippen molar-refractivity contribution in [2.24, 2.45) is 0 Å². The third-order valence-corrected chi connectivity index (χ3v) is 7.02. The topological polar surface area (TPSA) is 75.7 Å². The minimum atomic E-state index is -3.57. The van der Waals surface area contributed by atoms with Crippen LogP contribution in [0.15, 0.2) is 47.4 Å². The quantitative estimate of drug-likeness (QED) is 0.735. The number of aryl methyl sites for hydroxylation is 1. The highest BCUT2D eigenvalue weighted by atomic mass is 35.5. The Morgan fingerprint density at radius 1 is 1.14 bits per heavy atom. The molecule has 1 aliphatic heterocycles. The number of anilines is 1. The normalized spacial score (nSPS) is 16.2. The molecule has 0 bridgehead atoms. The molecule has 156 valence electrons. The van der Waals surface area contributed by atoms with Gasteiger partial charge >= 0.3 is 0 Å². The van der Waals surface area contributed by atoms with Crippen molar-refractivity contribution in [2.75, 3.05) is 18.4 Å². The zero-order valence-corrected chi connectivity index (χ0v) is 18.1. The van der Waals surface area contributed by atoms with Gasteiger partial charge in [0.15, 0.2) is 6.10 Å². The summed E-state index contributed by atoms with van der Waals surface area (Å²) in [5.74, 6) is 0.0332. The predicted octanol–water partition coefficient (Wildman–Crippen LogP) is 4.23. The van der Waals surface area contributed by atoms with Crippen LogP contribution in [0.5, 0.6) is 5.75 Å². The van der Waals surface area contributed by atoms with E-state index < -0.39 is 22.0 Å². The first-order valence-electron chi connectivity index (χ1n) is 9.61. The molecule has 0 spiro atoms. The number of ether oxygens (including phenoxy) is 1. The first kappa shape index (κ1) is 21.6. The Hall–Kier alpha value is -2.09. The van der Waals surface area contributed by atoms with Gasteiger partial charge in [-0.25, -0.2) is 8.42 Å². The molecule has 2 aromatic carbocycles. The fourth-order valence-electron chi connectivity index (χ4n) is 3.18. The third-order valence-electron chi connectivity index (χ3n) is 4.81. The van der Waals surface area contributed by atoms with E-state index in [1.807, 2.05) is 13.0 Å². The van der Waals surface area contributed by atoms with Gasteiger partial charge in [-0.05, 0) is 62.6 Å². The zero-order chi connectivity index (χ0) is 21.0. The summed E-state index contributed by atoms with van der Waals surface area (Å²) >= 11 is 6.12. The van der Waals surface area contributed by atoms with Crippen molar-refractivity contribution in [3.8, 4) is 5.75 Å². The smallest absolute Gasteiger partial charge is 0.265 e. The van der Waals surface area contributed by atoms with Crippen molar-refractivity contribution in [3.63, 3.8) is 0 Å². The largest absolute Gasteiger partial charge is 0.479 e. The average Bonchev–Trinajstić information content (AvgIpc) is 2.71. The van der Waals surface area contributed by atoms with Crippen molar-refractivity contribution in [1.29, 1.82) is 0 Å². The molecule has 1 N–H and O–H groups in total. The number of piperidine rings is 1. The van der Waals surface area contributed by atoms with Crippen LogP contribution in [0.1, 0.15) is 31.7 Å². The highest BCUT2D eigenvalue weighted by Gasteiger charge is 2.26. The van der Waals surface area contributed by atoms with E-state index in [1.54, 1.807) is 37.3 Å².